The minimum atomic E-state index is -3.27. The summed E-state index contributed by atoms with van der Waals surface area (Å²) >= 11 is 0. The summed E-state index contributed by atoms with van der Waals surface area (Å²) in [5.41, 5.74) is 1.83. The lowest BCUT2D eigenvalue weighted by atomic mass is 10.2. The molecule has 0 aliphatic carbocycles. The van der Waals surface area contributed by atoms with Crippen LogP contribution in [-0.4, -0.2) is 39.8 Å². The highest BCUT2D eigenvalue weighted by Crippen LogP contribution is 2.23. The Morgan fingerprint density at radius 2 is 1.85 bits per heavy atom. The quantitative estimate of drug-likeness (QED) is 0.881. The van der Waals surface area contributed by atoms with Gasteiger partial charge in [-0.05, 0) is 50.1 Å². The topological polar surface area (TPSA) is 61.4 Å². The Labute approximate surface area is 120 Å². The first kappa shape index (κ1) is 13.7. The Morgan fingerprint density at radius 1 is 1.15 bits per heavy atom. The monoisotopic (exact) mass is 295 g/mol. The van der Waals surface area contributed by atoms with Gasteiger partial charge in [-0.25, -0.2) is 8.42 Å². The van der Waals surface area contributed by atoms with Crippen LogP contribution in [0.2, 0.25) is 0 Å². The summed E-state index contributed by atoms with van der Waals surface area (Å²) in [6.45, 7) is 3.51. The van der Waals surface area contributed by atoms with Crippen LogP contribution in [0.15, 0.2) is 24.3 Å². The number of benzene rings is 1. The number of sulfonamides is 1. The molecule has 0 spiro atoms. The van der Waals surface area contributed by atoms with E-state index in [0.717, 1.165) is 19.6 Å². The van der Waals surface area contributed by atoms with E-state index in [-0.39, 0.29) is 5.25 Å². The van der Waals surface area contributed by atoms with Crippen molar-refractivity contribution < 1.29 is 8.42 Å². The summed E-state index contributed by atoms with van der Waals surface area (Å²) in [5, 5.41) is 2.77. The zero-order valence-corrected chi connectivity index (χ0v) is 12.3. The molecule has 110 valence electrons. The molecule has 5 nitrogen and oxygen atoms in total. The van der Waals surface area contributed by atoms with E-state index in [1.165, 1.54) is 18.5 Å². The van der Waals surface area contributed by atoms with Gasteiger partial charge in [-0.2, -0.15) is 0 Å². The third-order valence-electron chi connectivity index (χ3n) is 4.05. The van der Waals surface area contributed by atoms with Crippen LogP contribution >= 0.6 is 0 Å². The first-order valence-corrected chi connectivity index (χ1v) is 8.77. The molecule has 2 aliphatic heterocycles. The van der Waals surface area contributed by atoms with Crippen LogP contribution in [0.3, 0.4) is 0 Å². The van der Waals surface area contributed by atoms with Crippen molar-refractivity contribution in [2.45, 2.75) is 24.5 Å². The highest BCUT2D eigenvalue weighted by Gasteiger charge is 2.28. The average molecular weight is 295 g/mol. The zero-order valence-electron chi connectivity index (χ0n) is 11.5. The first-order chi connectivity index (χ1) is 9.65. The number of hydrogen-bond donors (Lipinski definition) is 2. The van der Waals surface area contributed by atoms with Crippen molar-refractivity contribution in [1.82, 2.24) is 5.32 Å². The van der Waals surface area contributed by atoms with E-state index >= 15 is 0 Å². The predicted octanol–water partition coefficient (Wildman–Crippen LogP) is 1.39. The molecule has 20 heavy (non-hydrogen) atoms. The first-order valence-electron chi connectivity index (χ1n) is 7.22. The van der Waals surface area contributed by atoms with Crippen LogP contribution in [0.1, 0.15) is 19.3 Å². The molecule has 2 heterocycles. The van der Waals surface area contributed by atoms with Gasteiger partial charge < -0.3 is 10.2 Å². The molecule has 0 aromatic heterocycles. The van der Waals surface area contributed by atoms with E-state index in [2.05, 4.69) is 14.9 Å². The molecule has 1 atom stereocenters. The van der Waals surface area contributed by atoms with Gasteiger partial charge in [0.05, 0.1) is 5.25 Å². The normalized spacial score (nSPS) is 23.2. The fourth-order valence-corrected chi connectivity index (χ4v) is 4.25. The molecule has 2 fully saturated rings. The van der Waals surface area contributed by atoms with E-state index in [1.807, 2.05) is 24.3 Å². The van der Waals surface area contributed by atoms with E-state index in [4.69, 9.17) is 0 Å². The summed E-state index contributed by atoms with van der Waals surface area (Å²) < 4.78 is 27.1. The van der Waals surface area contributed by atoms with Gasteiger partial charge in [0.2, 0.25) is 10.0 Å². The van der Waals surface area contributed by atoms with Gasteiger partial charge in [-0.3, -0.25) is 4.72 Å². The molecule has 0 saturated carbocycles. The van der Waals surface area contributed by atoms with Crippen molar-refractivity contribution in [2.24, 2.45) is 0 Å². The largest absolute Gasteiger partial charge is 0.372 e. The van der Waals surface area contributed by atoms with Gasteiger partial charge in [0.25, 0.3) is 0 Å². The van der Waals surface area contributed by atoms with E-state index in [1.54, 1.807) is 0 Å². The van der Waals surface area contributed by atoms with Crippen molar-refractivity contribution in [3.05, 3.63) is 24.3 Å². The van der Waals surface area contributed by atoms with Gasteiger partial charge in [0.15, 0.2) is 0 Å². The van der Waals surface area contributed by atoms with Crippen molar-refractivity contribution >= 4 is 21.4 Å². The number of anilines is 2. The second kappa shape index (κ2) is 5.61. The van der Waals surface area contributed by atoms with E-state index in [9.17, 15) is 8.42 Å². The summed E-state index contributed by atoms with van der Waals surface area (Å²) in [5.74, 6) is 0. The fraction of sp³-hybridized carbons (Fsp3) is 0.571. The molecular weight excluding hydrogens is 274 g/mol. The van der Waals surface area contributed by atoms with Crippen LogP contribution < -0.4 is 14.9 Å². The molecule has 6 heteroatoms. The molecule has 0 bridgehead atoms. The van der Waals surface area contributed by atoms with Crippen LogP contribution in [0.4, 0.5) is 11.4 Å². The predicted molar refractivity (Wildman–Crippen MR) is 81.7 cm³/mol. The molecule has 1 aromatic rings. The Bertz CT molecular complexity index is 544. The fourth-order valence-electron chi connectivity index (χ4n) is 2.86. The third-order valence-corrected chi connectivity index (χ3v) is 5.85. The standard InChI is InChI=1S/C14H21N3O2S/c18-20(19,14-7-8-15-11-14)16-12-3-5-13(6-4-12)17-9-1-2-10-17/h3-6,14-16H,1-2,7-11H2. The summed E-state index contributed by atoms with van der Waals surface area (Å²) in [7, 11) is -3.27. The summed E-state index contributed by atoms with van der Waals surface area (Å²) in [6, 6.07) is 7.70. The van der Waals surface area contributed by atoms with Gasteiger partial charge in [0, 0.05) is 31.0 Å². The minimum absolute atomic E-state index is 0.319. The Hall–Kier alpha value is -1.27. The second-order valence-electron chi connectivity index (χ2n) is 5.50. The second-order valence-corrected chi connectivity index (χ2v) is 7.46. The number of nitrogens with one attached hydrogen (secondary N) is 2. The summed E-state index contributed by atoms with van der Waals surface area (Å²) in [4.78, 5) is 2.33. The van der Waals surface area contributed by atoms with Gasteiger partial charge in [-0.1, -0.05) is 0 Å². The van der Waals surface area contributed by atoms with Crippen molar-refractivity contribution in [1.29, 1.82) is 0 Å². The Balaban J connectivity index is 1.68. The van der Waals surface area contributed by atoms with Gasteiger partial charge in [-0.15, -0.1) is 0 Å². The minimum Gasteiger partial charge on any atom is -0.372 e. The van der Waals surface area contributed by atoms with E-state index in [0.29, 0.717) is 18.7 Å². The van der Waals surface area contributed by atoms with Crippen LogP contribution in [0, 0.1) is 0 Å². The van der Waals surface area contributed by atoms with Crippen molar-refractivity contribution in [3.63, 3.8) is 0 Å². The lowest BCUT2D eigenvalue weighted by Gasteiger charge is -2.18. The van der Waals surface area contributed by atoms with E-state index < -0.39 is 10.0 Å². The molecule has 0 radical (unpaired) electrons. The maximum absolute atomic E-state index is 12.2. The highest BCUT2D eigenvalue weighted by atomic mass is 32.2. The molecule has 1 aromatic carbocycles. The maximum Gasteiger partial charge on any atom is 0.236 e. The Morgan fingerprint density at radius 3 is 2.45 bits per heavy atom. The third kappa shape index (κ3) is 2.91. The maximum atomic E-state index is 12.2. The number of rotatable bonds is 4. The lowest BCUT2D eigenvalue weighted by molar-refractivity contribution is 0.588. The van der Waals surface area contributed by atoms with Crippen LogP contribution in [0.5, 0.6) is 0 Å². The van der Waals surface area contributed by atoms with Gasteiger partial charge in [0.1, 0.15) is 0 Å². The van der Waals surface area contributed by atoms with Crippen molar-refractivity contribution in [3.8, 4) is 0 Å². The molecule has 2 N–H and O–H groups in total. The van der Waals surface area contributed by atoms with Crippen LogP contribution in [-0.2, 0) is 10.0 Å². The average Bonchev–Trinajstić information content (AvgIpc) is 3.13. The molecule has 0 amide bonds. The smallest absolute Gasteiger partial charge is 0.236 e. The molecule has 1 unspecified atom stereocenters. The lowest BCUT2D eigenvalue weighted by Crippen LogP contribution is -2.29. The Kier molecular flexibility index (Phi) is 3.85. The number of nitrogens with zero attached hydrogens (tertiary/aromatic N) is 1. The van der Waals surface area contributed by atoms with Crippen molar-refractivity contribution in [2.75, 3.05) is 35.8 Å². The summed E-state index contributed by atoms with van der Waals surface area (Å²) in [6.07, 6.45) is 3.16. The van der Waals surface area contributed by atoms with Gasteiger partial charge >= 0.3 is 0 Å². The molecule has 3 rings (SSSR count). The highest BCUT2D eigenvalue weighted by molar-refractivity contribution is 7.93. The molecule has 2 saturated heterocycles. The molecule has 2 aliphatic rings. The molecular formula is C14H21N3O2S. The SMILES string of the molecule is O=S(=O)(Nc1ccc(N2CCCC2)cc1)C1CCNC1. The zero-order chi connectivity index (χ0) is 14.0. The number of hydrogen-bond acceptors (Lipinski definition) is 4. The van der Waals surface area contributed by atoms with Crippen LogP contribution in [0.25, 0.3) is 0 Å².